The Morgan fingerprint density at radius 3 is 2.74 bits per heavy atom. The molecule has 0 saturated carbocycles. The van der Waals surface area contributed by atoms with Crippen LogP contribution in [-0.2, 0) is 6.42 Å². The Kier molecular flexibility index (Phi) is 6.93. The summed E-state index contributed by atoms with van der Waals surface area (Å²) >= 11 is 0. The molecule has 0 radical (unpaired) electrons. The molecule has 0 aromatic carbocycles. The van der Waals surface area contributed by atoms with Crippen molar-refractivity contribution in [2.24, 2.45) is 4.99 Å². The molecule has 0 saturated heterocycles. The molecule has 0 aliphatic carbocycles. The second-order valence-electron chi connectivity index (χ2n) is 4.77. The van der Waals surface area contributed by atoms with E-state index in [4.69, 9.17) is 0 Å². The Balaban J connectivity index is 2.48. The molecule has 1 aromatic rings. The van der Waals surface area contributed by atoms with Crippen LogP contribution in [0.15, 0.2) is 23.3 Å². The van der Waals surface area contributed by atoms with Crippen LogP contribution in [0.1, 0.15) is 38.4 Å². The van der Waals surface area contributed by atoms with Crippen molar-refractivity contribution in [3.8, 4) is 0 Å². The first kappa shape index (κ1) is 15.5. The van der Waals surface area contributed by atoms with Crippen LogP contribution in [0.2, 0.25) is 0 Å². The van der Waals surface area contributed by atoms with Gasteiger partial charge in [0, 0.05) is 31.0 Å². The van der Waals surface area contributed by atoms with Gasteiger partial charge in [0.15, 0.2) is 5.96 Å². The monoisotopic (exact) mass is 262 g/mol. The van der Waals surface area contributed by atoms with Gasteiger partial charge in [0.25, 0.3) is 0 Å². The van der Waals surface area contributed by atoms with Crippen LogP contribution in [0.25, 0.3) is 0 Å². The molecule has 0 spiro atoms. The second kappa shape index (κ2) is 8.51. The molecule has 0 aliphatic heterocycles. The summed E-state index contributed by atoms with van der Waals surface area (Å²) in [5.74, 6) is 0.900. The lowest BCUT2D eigenvalue weighted by Crippen LogP contribution is -2.42. The van der Waals surface area contributed by atoms with Gasteiger partial charge in [0.05, 0.1) is 0 Å². The molecule has 1 heterocycles. The Labute approximate surface area is 116 Å². The Hall–Kier alpha value is -1.58. The smallest absolute Gasteiger partial charge is 0.191 e. The van der Waals surface area contributed by atoms with Gasteiger partial charge < -0.3 is 10.6 Å². The lowest BCUT2D eigenvalue weighted by molar-refractivity contribution is 0.624. The third kappa shape index (κ3) is 6.22. The number of guanidine groups is 1. The number of aryl methyl sites for hydroxylation is 1. The predicted octanol–water partition coefficient (Wildman–Crippen LogP) is 2.29. The fraction of sp³-hybridized carbons (Fsp3) is 0.600. The molecule has 1 aromatic heterocycles. The SMILES string of the molecule is CCNC(=NCCc1ccc(C)nc1)NC(C)CC. The summed E-state index contributed by atoms with van der Waals surface area (Å²) in [6.45, 7) is 10.1. The minimum Gasteiger partial charge on any atom is -0.357 e. The van der Waals surface area contributed by atoms with Crippen molar-refractivity contribution >= 4 is 5.96 Å². The van der Waals surface area contributed by atoms with E-state index < -0.39 is 0 Å². The highest BCUT2D eigenvalue weighted by molar-refractivity contribution is 5.80. The molecule has 1 unspecified atom stereocenters. The van der Waals surface area contributed by atoms with Crippen LogP contribution in [0.3, 0.4) is 0 Å². The van der Waals surface area contributed by atoms with E-state index in [-0.39, 0.29) is 0 Å². The fourth-order valence-electron chi connectivity index (χ4n) is 1.60. The van der Waals surface area contributed by atoms with Crippen LogP contribution in [0.4, 0.5) is 0 Å². The van der Waals surface area contributed by atoms with Gasteiger partial charge in [0.2, 0.25) is 0 Å². The number of nitrogens with zero attached hydrogens (tertiary/aromatic N) is 2. The lowest BCUT2D eigenvalue weighted by atomic mass is 10.2. The van der Waals surface area contributed by atoms with Crippen LogP contribution >= 0.6 is 0 Å². The van der Waals surface area contributed by atoms with Gasteiger partial charge in [-0.1, -0.05) is 13.0 Å². The lowest BCUT2D eigenvalue weighted by Gasteiger charge is -2.16. The molecular formula is C15H26N4. The van der Waals surface area contributed by atoms with E-state index in [1.54, 1.807) is 0 Å². The average molecular weight is 262 g/mol. The number of hydrogen-bond donors (Lipinski definition) is 2. The zero-order chi connectivity index (χ0) is 14.1. The Bertz CT molecular complexity index is 384. The highest BCUT2D eigenvalue weighted by Gasteiger charge is 2.02. The number of aliphatic imine (C=N–C) groups is 1. The summed E-state index contributed by atoms with van der Waals surface area (Å²) in [7, 11) is 0. The molecule has 106 valence electrons. The van der Waals surface area contributed by atoms with E-state index in [2.05, 4.69) is 47.4 Å². The van der Waals surface area contributed by atoms with E-state index in [1.165, 1.54) is 5.56 Å². The molecule has 19 heavy (non-hydrogen) atoms. The first-order chi connectivity index (χ1) is 9.15. The highest BCUT2D eigenvalue weighted by Crippen LogP contribution is 2.00. The maximum absolute atomic E-state index is 4.59. The summed E-state index contributed by atoms with van der Waals surface area (Å²) in [4.78, 5) is 8.88. The first-order valence-electron chi connectivity index (χ1n) is 7.12. The second-order valence-corrected chi connectivity index (χ2v) is 4.77. The van der Waals surface area contributed by atoms with E-state index in [1.807, 2.05) is 19.2 Å². The fourth-order valence-corrected chi connectivity index (χ4v) is 1.60. The normalized spacial score (nSPS) is 13.2. The number of hydrogen-bond acceptors (Lipinski definition) is 2. The van der Waals surface area contributed by atoms with Gasteiger partial charge in [0.1, 0.15) is 0 Å². The summed E-state index contributed by atoms with van der Waals surface area (Å²) in [6.07, 6.45) is 3.94. The maximum Gasteiger partial charge on any atom is 0.191 e. The average Bonchev–Trinajstić information content (AvgIpc) is 2.41. The highest BCUT2D eigenvalue weighted by atomic mass is 15.2. The molecule has 4 heteroatoms. The Morgan fingerprint density at radius 2 is 2.16 bits per heavy atom. The minimum absolute atomic E-state index is 0.443. The molecule has 0 fully saturated rings. The quantitative estimate of drug-likeness (QED) is 0.611. The molecule has 1 atom stereocenters. The van der Waals surface area contributed by atoms with Crippen molar-refractivity contribution in [3.63, 3.8) is 0 Å². The van der Waals surface area contributed by atoms with Crippen molar-refractivity contribution in [2.75, 3.05) is 13.1 Å². The van der Waals surface area contributed by atoms with Crippen molar-refractivity contribution < 1.29 is 0 Å². The number of pyridine rings is 1. The molecule has 0 bridgehead atoms. The molecule has 2 N–H and O–H groups in total. The van der Waals surface area contributed by atoms with E-state index >= 15 is 0 Å². The third-order valence-electron chi connectivity index (χ3n) is 2.98. The van der Waals surface area contributed by atoms with Gasteiger partial charge in [-0.2, -0.15) is 0 Å². The summed E-state index contributed by atoms with van der Waals surface area (Å²) in [5.41, 5.74) is 2.28. The van der Waals surface area contributed by atoms with Gasteiger partial charge >= 0.3 is 0 Å². The number of aromatic nitrogens is 1. The molecule has 0 aliphatic rings. The zero-order valence-electron chi connectivity index (χ0n) is 12.5. The molecule has 0 amide bonds. The van der Waals surface area contributed by atoms with Crippen molar-refractivity contribution in [1.29, 1.82) is 0 Å². The first-order valence-corrected chi connectivity index (χ1v) is 7.12. The standard InChI is InChI=1S/C15H26N4/c1-5-12(3)19-15(16-6-2)17-10-9-14-8-7-13(4)18-11-14/h7-8,11-12H,5-6,9-10H2,1-4H3,(H2,16,17,19). The topological polar surface area (TPSA) is 49.3 Å². The summed E-state index contributed by atoms with van der Waals surface area (Å²) in [6, 6.07) is 4.60. The van der Waals surface area contributed by atoms with Gasteiger partial charge in [-0.3, -0.25) is 9.98 Å². The van der Waals surface area contributed by atoms with Crippen molar-refractivity contribution in [1.82, 2.24) is 15.6 Å². The number of nitrogens with one attached hydrogen (secondary N) is 2. The minimum atomic E-state index is 0.443. The van der Waals surface area contributed by atoms with Gasteiger partial charge in [-0.15, -0.1) is 0 Å². The largest absolute Gasteiger partial charge is 0.357 e. The van der Waals surface area contributed by atoms with Crippen LogP contribution < -0.4 is 10.6 Å². The van der Waals surface area contributed by atoms with E-state index in [0.717, 1.165) is 37.6 Å². The van der Waals surface area contributed by atoms with E-state index in [9.17, 15) is 0 Å². The van der Waals surface area contributed by atoms with Crippen LogP contribution in [-0.4, -0.2) is 30.1 Å². The van der Waals surface area contributed by atoms with Crippen LogP contribution in [0, 0.1) is 6.92 Å². The summed E-state index contributed by atoms with van der Waals surface area (Å²) in [5, 5.41) is 6.65. The molecule has 1 rings (SSSR count). The number of rotatable bonds is 6. The van der Waals surface area contributed by atoms with E-state index in [0.29, 0.717) is 6.04 Å². The predicted molar refractivity (Wildman–Crippen MR) is 81.5 cm³/mol. The molecule has 4 nitrogen and oxygen atoms in total. The molecular weight excluding hydrogens is 236 g/mol. The van der Waals surface area contributed by atoms with Crippen molar-refractivity contribution in [3.05, 3.63) is 29.6 Å². The van der Waals surface area contributed by atoms with Crippen molar-refractivity contribution in [2.45, 2.75) is 46.6 Å². The van der Waals surface area contributed by atoms with Gasteiger partial charge in [-0.05, 0) is 45.2 Å². The van der Waals surface area contributed by atoms with Crippen LogP contribution in [0.5, 0.6) is 0 Å². The maximum atomic E-state index is 4.59. The zero-order valence-corrected chi connectivity index (χ0v) is 12.5. The summed E-state index contributed by atoms with van der Waals surface area (Å²) < 4.78 is 0. The third-order valence-corrected chi connectivity index (χ3v) is 2.98. The Morgan fingerprint density at radius 1 is 1.37 bits per heavy atom. The van der Waals surface area contributed by atoms with Gasteiger partial charge in [-0.25, -0.2) is 0 Å².